The zero-order chi connectivity index (χ0) is 18.7. The molecule has 134 valence electrons. The highest BCUT2D eigenvalue weighted by Gasteiger charge is 2.29. The lowest BCUT2D eigenvalue weighted by Crippen LogP contribution is -2.31. The molecule has 2 N–H and O–H groups in total. The predicted octanol–water partition coefficient (Wildman–Crippen LogP) is 3.52. The SMILES string of the molecule is O=C(NCCc1ccc(C(F)(F)F)cc1)c1cc2ccccc2[nH]c1=O. The number of hydrogen-bond donors (Lipinski definition) is 2. The topological polar surface area (TPSA) is 62.0 Å². The number of carbonyl (C=O) groups is 1. The highest BCUT2D eigenvalue weighted by molar-refractivity contribution is 5.97. The summed E-state index contributed by atoms with van der Waals surface area (Å²) in [7, 11) is 0. The third kappa shape index (κ3) is 3.93. The summed E-state index contributed by atoms with van der Waals surface area (Å²) in [6.07, 6.45) is -4.01. The van der Waals surface area contributed by atoms with E-state index in [1.165, 1.54) is 18.2 Å². The first-order chi connectivity index (χ1) is 12.3. The molecule has 3 rings (SSSR count). The number of rotatable bonds is 4. The molecule has 0 radical (unpaired) electrons. The maximum atomic E-state index is 12.5. The summed E-state index contributed by atoms with van der Waals surface area (Å²) in [5.41, 5.74) is 0.0874. The van der Waals surface area contributed by atoms with Gasteiger partial charge in [-0.1, -0.05) is 30.3 Å². The molecular formula is C19H15F3N2O2. The molecule has 0 spiro atoms. The fraction of sp³-hybridized carbons (Fsp3) is 0.158. The fourth-order valence-corrected chi connectivity index (χ4v) is 2.59. The van der Waals surface area contributed by atoms with Crippen molar-refractivity contribution in [2.45, 2.75) is 12.6 Å². The zero-order valence-electron chi connectivity index (χ0n) is 13.6. The van der Waals surface area contributed by atoms with Gasteiger partial charge in [0.15, 0.2) is 0 Å². The van der Waals surface area contributed by atoms with Crippen molar-refractivity contribution in [2.24, 2.45) is 0 Å². The third-order valence-corrected chi connectivity index (χ3v) is 3.98. The Morgan fingerprint density at radius 1 is 1.04 bits per heavy atom. The summed E-state index contributed by atoms with van der Waals surface area (Å²) in [6.45, 7) is 0.205. The largest absolute Gasteiger partial charge is 0.416 e. The summed E-state index contributed by atoms with van der Waals surface area (Å²) in [5.74, 6) is -0.524. The number of H-pyrrole nitrogens is 1. The maximum absolute atomic E-state index is 12.5. The van der Waals surface area contributed by atoms with E-state index in [1.54, 1.807) is 24.3 Å². The molecule has 1 heterocycles. The number of alkyl halides is 3. The quantitative estimate of drug-likeness (QED) is 0.748. The molecule has 2 aromatic carbocycles. The second-order valence-electron chi connectivity index (χ2n) is 5.80. The zero-order valence-corrected chi connectivity index (χ0v) is 13.6. The van der Waals surface area contributed by atoms with Crippen LogP contribution in [0.4, 0.5) is 13.2 Å². The summed E-state index contributed by atoms with van der Waals surface area (Å²) in [6, 6.07) is 13.4. The lowest BCUT2D eigenvalue weighted by Gasteiger charge is -2.08. The molecule has 0 saturated carbocycles. The third-order valence-electron chi connectivity index (χ3n) is 3.98. The first kappa shape index (κ1) is 17.7. The number of aromatic nitrogens is 1. The lowest BCUT2D eigenvalue weighted by molar-refractivity contribution is -0.137. The molecule has 0 bridgehead atoms. The van der Waals surface area contributed by atoms with Crippen molar-refractivity contribution in [3.05, 3.63) is 81.6 Å². The van der Waals surface area contributed by atoms with Crippen LogP contribution in [0, 0.1) is 0 Å². The van der Waals surface area contributed by atoms with Gasteiger partial charge < -0.3 is 10.3 Å². The molecule has 0 atom stereocenters. The monoisotopic (exact) mass is 360 g/mol. The van der Waals surface area contributed by atoms with Crippen LogP contribution in [0.5, 0.6) is 0 Å². The Hall–Kier alpha value is -3.09. The molecule has 7 heteroatoms. The molecule has 0 aliphatic carbocycles. The van der Waals surface area contributed by atoms with Crippen LogP contribution >= 0.6 is 0 Å². The minimum Gasteiger partial charge on any atom is -0.352 e. The number of benzene rings is 2. The first-order valence-corrected chi connectivity index (χ1v) is 7.91. The first-order valence-electron chi connectivity index (χ1n) is 7.91. The Labute approximate surface area is 146 Å². The molecule has 0 aliphatic heterocycles. The van der Waals surface area contributed by atoms with Crippen molar-refractivity contribution in [3.8, 4) is 0 Å². The van der Waals surface area contributed by atoms with Crippen LogP contribution in [0.3, 0.4) is 0 Å². The van der Waals surface area contributed by atoms with Crippen LogP contribution in [-0.4, -0.2) is 17.4 Å². The minimum absolute atomic E-state index is 0.00359. The van der Waals surface area contributed by atoms with Gasteiger partial charge in [-0.15, -0.1) is 0 Å². The van der Waals surface area contributed by atoms with Gasteiger partial charge in [-0.2, -0.15) is 13.2 Å². The van der Waals surface area contributed by atoms with Crippen LogP contribution in [0.2, 0.25) is 0 Å². The Kier molecular flexibility index (Phi) is 4.79. The number of carbonyl (C=O) groups excluding carboxylic acids is 1. The maximum Gasteiger partial charge on any atom is 0.416 e. The normalized spacial score (nSPS) is 11.5. The summed E-state index contributed by atoms with van der Waals surface area (Å²) >= 11 is 0. The molecule has 0 aliphatic rings. The lowest BCUT2D eigenvalue weighted by atomic mass is 10.1. The van der Waals surface area contributed by atoms with Crippen molar-refractivity contribution in [1.82, 2.24) is 10.3 Å². The number of nitrogens with one attached hydrogen (secondary N) is 2. The number of aromatic amines is 1. The van der Waals surface area contributed by atoms with Gasteiger partial charge in [-0.05, 0) is 41.6 Å². The smallest absolute Gasteiger partial charge is 0.352 e. The number of hydrogen-bond acceptors (Lipinski definition) is 2. The summed E-state index contributed by atoms with van der Waals surface area (Å²) in [4.78, 5) is 26.9. The van der Waals surface area contributed by atoms with Gasteiger partial charge in [0, 0.05) is 12.1 Å². The Bertz CT molecular complexity index is 992. The number of amides is 1. The Morgan fingerprint density at radius 2 is 1.73 bits per heavy atom. The molecule has 0 fully saturated rings. The number of halogens is 3. The van der Waals surface area contributed by atoms with Crippen LogP contribution in [0.1, 0.15) is 21.5 Å². The number of fused-ring (bicyclic) bond motifs is 1. The standard InChI is InChI=1S/C19H15F3N2O2/c20-19(21,22)14-7-5-12(6-8-14)9-10-23-17(25)15-11-13-3-1-2-4-16(13)24-18(15)26/h1-8,11H,9-10H2,(H,23,25)(H,24,26). The van der Waals surface area contributed by atoms with Crippen LogP contribution < -0.4 is 10.9 Å². The van der Waals surface area contributed by atoms with E-state index < -0.39 is 23.2 Å². The van der Waals surface area contributed by atoms with Crippen molar-refractivity contribution >= 4 is 16.8 Å². The Balaban J connectivity index is 1.64. The fourth-order valence-electron chi connectivity index (χ4n) is 2.59. The second-order valence-corrected chi connectivity index (χ2v) is 5.80. The van der Waals surface area contributed by atoms with Gasteiger partial charge in [0.05, 0.1) is 5.56 Å². The highest BCUT2D eigenvalue weighted by atomic mass is 19.4. The average molecular weight is 360 g/mol. The summed E-state index contributed by atoms with van der Waals surface area (Å²) < 4.78 is 37.6. The molecule has 1 aromatic heterocycles. The molecule has 26 heavy (non-hydrogen) atoms. The van der Waals surface area contributed by atoms with Crippen LogP contribution in [0.15, 0.2) is 59.4 Å². The van der Waals surface area contributed by atoms with Gasteiger partial charge >= 0.3 is 6.18 Å². The van der Waals surface area contributed by atoms with E-state index in [-0.39, 0.29) is 12.1 Å². The van der Waals surface area contributed by atoms with Gasteiger partial charge in [-0.25, -0.2) is 0 Å². The van der Waals surface area contributed by atoms with E-state index in [2.05, 4.69) is 10.3 Å². The highest BCUT2D eigenvalue weighted by Crippen LogP contribution is 2.29. The van der Waals surface area contributed by atoms with Crippen LogP contribution in [-0.2, 0) is 12.6 Å². The van der Waals surface area contributed by atoms with E-state index in [0.717, 1.165) is 17.5 Å². The van der Waals surface area contributed by atoms with Crippen molar-refractivity contribution in [3.63, 3.8) is 0 Å². The molecule has 3 aromatic rings. The van der Waals surface area contributed by atoms with Gasteiger partial charge in [0.1, 0.15) is 5.56 Å². The van der Waals surface area contributed by atoms with E-state index in [0.29, 0.717) is 17.5 Å². The molecule has 4 nitrogen and oxygen atoms in total. The van der Waals surface area contributed by atoms with Gasteiger partial charge in [-0.3, -0.25) is 9.59 Å². The van der Waals surface area contributed by atoms with Crippen LogP contribution in [0.25, 0.3) is 10.9 Å². The van der Waals surface area contributed by atoms with Gasteiger partial charge in [0.25, 0.3) is 11.5 Å². The number of pyridine rings is 1. The second kappa shape index (κ2) is 7.03. The molecule has 1 amide bonds. The molecule has 0 saturated heterocycles. The minimum atomic E-state index is -4.37. The van der Waals surface area contributed by atoms with Crippen molar-refractivity contribution in [1.29, 1.82) is 0 Å². The van der Waals surface area contributed by atoms with E-state index >= 15 is 0 Å². The predicted molar refractivity (Wildman–Crippen MR) is 92.0 cm³/mol. The van der Waals surface area contributed by atoms with E-state index in [1.807, 2.05) is 0 Å². The summed E-state index contributed by atoms with van der Waals surface area (Å²) in [5, 5.41) is 3.35. The van der Waals surface area contributed by atoms with E-state index in [4.69, 9.17) is 0 Å². The number of para-hydroxylation sites is 1. The van der Waals surface area contributed by atoms with E-state index in [9.17, 15) is 22.8 Å². The van der Waals surface area contributed by atoms with Crippen molar-refractivity contribution < 1.29 is 18.0 Å². The molecule has 0 unspecified atom stereocenters. The van der Waals surface area contributed by atoms with Gasteiger partial charge in [0.2, 0.25) is 0 Å². The van der Waals surface area contributed by atoms with Crippen molar-refractivity contribution in [2.75, 3.05) is 6.54 Å². The average Bonchev–Trinajstić information content (AvgIpc) is 2.60. The Morgan fingerprint density at radius 3 is 2.42 bits per heavy atom. The molecular weight excluding hydrogens is 345 g/mol.